The molecule has 0 saturated heterocycles. The molecule has 3 atom stereocenters. The van der Waals surface area contributed by atoms with E-state index in [4.69, 9.17) is 0 Å². The van der Waals surface area contributed by atoms with Crippen LogP contribution in [-0.2, 0) is 4.79 Å². The predicted molar refractivity (Wildman–Crippen MR) is 63.9 cm³/mol. The minimum absolute atomic E-state index is 0.466. The van der Waals surface area contributed by atoms with Crippen LogP contribution in [0.3, 0.4) is 0 Å². The number of rotatable bonds is 0. The molecule has 1 fully saturated rings. The Morgan fingerprint density at radius 1 is 1.12 bits per heavy atom. The third-order valence-corrected chi connectivity index (χ3v) is 4.59. The Morgan fingerprint density at radius 2 is 2.00 bits per heavy atom. The maximum Gasteiger partial charge on any atom is 0.135 e. The van der Waals surface area contributed by atoms with Crippen LogP contribution < -0.4 is 5.32 Å². The number of nitrogens with one attached hydrogen (secondary N) is 1. The molecule has 0 spiro atoms. The molecule has 1 heterocycles. The summed E-state index contributed by atoms with van der Waals surface area (Å²) in [5.41, 5.74) is 3.17. The number of carbonyl (C=O) groups excluding carboxylic acids is 1. The minimum atomic E-state index is 0.466. The summed E-state index contributed by atoms with van der Waals surface area (Å²) < 4.78 is 0. The fourth-order valence-corrected chi connectivity index (χ4v) is 3.63. The van der Waals surface area contributed by atoms with Crippen molar-refractivity contribution in [2.75, 3.05) is 0 Å². The highest BCUT2D eigenvalue weighted by Crippen LogP contribution is 2.38. The van der Waals surface area contributed by atoms with E-state index in [1.54, 1.807) is 5.57 Å². The summed E-state index contributed by atoms with van der Waals surface area (Å²) in [6, 6.07) is 0.466. The molecule has 88 valence electrons. The van der Waals surface area contributed by atoms with Crippen LogP contribution in [0.2, 0.25) is 0 Å². The second-order valence-electron chi connectivity index (χ2n) is 5.93. The molecule has 3 aliphatic rings. The summed E-state index contributed by atoms with van der Waals surface area (Å²) in [6.45, 7) is 2.36. The lowest BCUT2D eigenvalue weighted by Crippen LogP contribution is -2.31. The van der Waals surface area contributed by atoms with Crippen molar-refractivity contribution in [3.63, 3.8) is 0 Å². The van der Waals surface area contributed by atoms with E-state index in [0.29, 0.717) is 17.7 Å². The van der Waals surface area contributed by atoms with E-state index in [0.717, 1.165) is 18.8 Å². The number of Topliss-reactive ketones (excluding diaryl/α,β-unsaturated/α-hetero) is 1. The van der Waals surface area contributed by atoms with Gasteiger partial charge >= 0.3 is 0 Å². The molecule has 2 nitrogen and oxygen atoms in total. The Kier molecular flexibility index (Phi) is 2.53. The summed E-state index contributed by atoms with van der Waals surface area (Å²) in [7, 11) is 0. The predicted octanol–water partition coefficient (Wildman–Crippen LogP) is 2.79. The largest absolute Gasteiger partial charge is 0.385 e. The van der Waals surface area contributed by atoms with Crippen molar-refractivity contribution in [2.45, 2.75) is 57.9 Å². The van der Waals surface area contributed by atoms with Gasteiger partial charge in [-0.05, 0) is 43.9 Å². The third kappa shape index (κ3) is 1.79. The maximum absolute atomic E-state index is 11.5. The van der Waals surface area contributed by atoms with Crippen LogP contribution in [-0.4, -0.2) is 11.8 Å². The lowest BCUT2D eigenvalue weighted by atomic mass is 9.85. The highest BCUT2D eigenvalue weighted by atomic mass is 16.1. The Hall–Kier alpha value is -0.790. The summed E-state index contributed by atoms with van der Waals surface area (Å²) in [5.74, 6) is 1.95. The van der Waals surface area contributed by atoms with E-state index in [1.165, 1.54) is 37.8 Å². The fourth-order valence-electron chi connectivity index (χ4n) is 3.63. The molecule has 16 heavy (non-hydrogen) atoms. The van der Waals surface area contributed by atoms with Gasteiger partial charge in [-0.3, -0.25) is 4.79 Å². The molecule has 3 rings (SSSR count). The molecule has 1 saturated carbocycles. The van der Waals surface area contributed by atoms with Gasteiger partial charge in [-0.2, -0.15) is 0 Å². The molecule has 1 aliphatic heterocycles. The van der Waals surface area contributed by atoms with Crippen LogP contribution in [0.4, 0.5) is 0 Å². The van der Waals surface area contributed by atoms with Crippen molar-refractivity contribution >= 4 is 5.78 Å². The molecular formula is C14H21NO. The van der Waals surface area contributed by atoms with E-state index < -0.39 is 0 Å². The monoisotopic (exact) mass is 219 g/mol. The molecule has 0 radical (unpaired) electrons. The lowest BCUT2D eigenvalue weighted by molar-refractivity contribution is -0.117. The van der Waals surface area contributed by atoms with Gasteiger partial charge in [0.05, 0.1) is 0 Å². The van der Waals surface area contributed by atoms with Crippen LogP contribution in [0.15, 0.2) is 11.3 Å². The van der Waals surface area contributed by atoms with Crippen LogP contribution >= 0.6 is 0 Å². The average Bonchev–Trinajstić information content (AvgIpc) is 2.51. The van der Waals surface area contributed by atoms with Crippen molar-refractivity contribution in [3.05, 3.63) is 11.3 Å². The number of allylic oxidation sites excluding steroid dienone is 2. The molecule has 0 bridgehead atoms. The first kappa shape index (κ1) is 10.4. The zero-order valence-electron chi connectivity index (χ0n) is 10.1. The van der Waals surface area contributed by atoms with Gasteiger partial charge in [0.25, 0.3) is 0 Å². The van der Waals surface area contributed by atoms with Crippen molar-refractivity contribution < 1.29 is 4.79 Å². The molecule has 0 aromatic heterocycles. The van der Waals surface area contributed by atoms with Gasteiger partial charge < -0.3 is 5.32 Å². The molecule has 0 aromatic rings. The van der Waals surface area contributed by atoms with Gasteiger partial charge in [0.2, 0.25) is 0 Å². The van der Waals surface area contributed by atoms with Crippen LogP contribution in [0.5, 0.6) is 0 Å². The van der Waals surface area contributed by atoms with Gasteiger partial charge in [0, 0.05) is 24.6 Å². The smallest absolute Gasteiger partial charge is 0.135 e. The highest BCUT2D eigenvalue weighted by molar-refractivity contribution is 5.81. The number of hydrogen-bond acceptors (Lipinski definition) is 2. The Morgan fingerprint density at radius 3 is 2.88 bits per heavy atom. The quantitative estimate of drug-likeness (QED) is 0.678. The van der Waals surface area contributed by atoms with Crippen LogP contribution in [0.25, 0.3) is 0 Å². The van der Waals surface area contributed by atoms with Gasteiger partial charge in [0.1, 0.15) is 5.78 Å². The zero-order valence-corrected chi connectivity index (χ0v) is 10.1. The van der Waals surface area contributed by atoms with E-state index in [9.17, 15) is 4.79 Å². The standard InChI is InChI=1S/C14H21NO/c1-9-2-5-13-10(6-9)3-4-11-7-12(16)8-14(11)15-13/h9,11,14-15H,2-8H2,1H3. The SMILES string of the molecule is CC1CCC2=C(CCC3CC(=O)CC3N2)C1. The molecule has 1 N–H and O–H groups in total. The van der Waals surface area contributed by atoms with Gasteiger partial charge in [-0.15, -0.1) is 0 Å². The van der Waals surface area contributed by atoms with Crippen LogP contribution in [0.1, 0.15) is 51.9 Å². The van der Waals surface area contributed by atoms with E-state index >= 15 is 0 Å². The second kappa shape index (κ2) is 3.90. The van der Waals surface area contributed by atoms with E-state index in [-0.39, 0.29) is 0 Å². The molecular weight excluding hydrogens is 198 g/mol. The van der Waals surface area contributed by atoms with E-state index in [1.807, 2.05) is 0 Å². The second-order valence-corrected chi connectivity index (χ2v) is 5.93. The lowest BCUT2D eigenvalue weighted by Gasteiger charge is -2.26. The van der Waals surface area contributed by atoms with Crippen LogP contribution in [0, 0.1) is 11.8 Å². The first-order valence-electron chi connectivity index (χ1n) is 6.71. The normalized spacial score (nSPS) is 38.8. The van der Waals surface area contributed by atoms with Crippen molar-refractivity contribution in [1.82, 2.24) is 5.32 Å². The Labute approximate surface area is 97.5 Å². The van der Waals surface area contributed by atoms with Crippen molar-refractivity contribution in [2.24, 2.45) is 11.8 Å². The first-order chi connectivity index (χ1) is 7.72. The average molecular weight is 219 g/mol. The number of fused-ring (bicyclic) bond motifs is 1. The summed E-state index contributed by atoms with van der Waals surface area (Å²) >= 11 is 0. The molecule has 0 aromatic carbocycles. The van der Waals surface area contributed by atoms with Gasteiger partial charge in [-0.1, -0.05) is 12.5 Å². The Balaban J connectivity index is 1.79. The molecule has 3 unspecified atom stereocenters. The molecule has 0 amide bonds. The number of carbonyl (C=O) groups is 1. The van der Waals surface area contributed by atoms with Crippen molar-refractivity contribution in [1.29, 1.82) is 0 Å². The molecule has 2 aliphatic carbocycles. The van der Waals surface area contributed by atoms with Gasteiger partial charge in [0.15, 0.2) is 0 Å². The number of hydrogen-bond donors (Lipinski definition) is 1. The first-order valence-corrected chi connectivity index (χ1v) is 6.71. The Bertz CT molecular complexity index is 345. The summed E-state index contributed by atoms with van der Waals surface area (Å²) in [6.07, 6.45) is 7.89. The summed E-state index contributed by atoms with van der Waals surface area (Å²) in [5, 5.41) is 3.69. The summed E-state index contributed by atoms with van der Waals surface area (Å²) in [4.78, 5) is 11.5. The topological polar surface area (TPSA) is 29.1 Å². The fraction of sp³-hybridized carbons (Fsp3) is 0.786. The maximum atomic E-state index is 11.5. The molecule has 2 heteroatoms. The van der Waals surface area contributed by atoms with Crippen molar-refractivity contribution in [3.8, 4) is 0 Å². The highest BCUT2D eigenvalue weighted by Gasteiger charge is 2.36. The zero-order chi connectivity index (χ0) is 11.1. The van der Waals surface area contributed by atoms with Gasteiger partial charge in [-0.25, -0.2) is 0 Å². The number of ketones is 1. The third-order valence-electron chi connectivity index (χ3n) is 4.59. The minimum Gasteiger partial charge on any atom is -0.385 e. The van der Waals surface area contributed by atoms with E-state index in [2.05, 4.69) is 12.2 Å².